The van der Waals surface area contributed by atoms with Gasteiger partial charge in [-0.1, -0.05) is 36.2 Å². The van der Waals surface area contributed by atoms with Crippen molar-refractivity contribution in [3.63, 3.8) is 0 Å². The molecular formula is C19H17Cl2N3O4S. The number of nitrogens with zero attached hydrogens (tertiary/aromatic N) is 2. The van der Waals surface area contributed by atoms with Crippen molar-refractivity contribution < 1.29 is 23.8 Å². The molecule has 2 aromatic carbocycles. The molecule has 29 heavy (non-hydrogen) atoms. The molecule has 7 nitrogen and oxygen atoms in total. The molecule has 0 bridgehead atoms. The first-order valence-corrected chi connectivity index (χ1v) is 10.2. The summed E-state index contributed by atoms with van der Waals surface area (Å²) in [7, 11) is 1.56. The fraction of sp³-hybridized carbons (Fsp3) is 0.211. The van der Waals surface area contributed by atoms with Crippen LogP contribution in [0.25, 0.3) is 5.69 Å². The topological polar surface area (TPSA) is 91.3 Å². The van der Waals surface area contributed by atoms with Gasteiger partial charge in [-0.2, -0.15) is 0 Å². The number of nitrogens with one attached hydrogen (secondary N) is 1. The number of hydrogen-bond acceptors (Lipinski definition) is 6. The van der Waals surface area contributed by atoms with Crippen molar-refractivity contribution >= 4 is 46.6 Å². The summed E-state index contributed by atoms with van der Waals surface area (Å²) in [4.78, 5) is 12.8. The maximum atomic E-state index is 12.8. The number of carbonyl (C=O) groups excluding carboxylic acids is 1. The molecule has 0 aliphatic carbocycles. The molecule has 1 N–H and O–H groups in total. The summed E-state index contributed by atoms with van der Waals surface area (Å²) in [5.74, 6) is -0.278. The minimum absolute atomic E-state index is 0.189. The summed E-state index contributed by atoms with van der Waals surface area (Å²) < 4.78 is 11.3. The Morgan fingerprint density at radius 2 is 2.03 bits per heavy atom. The lowest BCUT2D eigenvalue weighted by atomic mass is 10.2. The number of halogens is 2. The second-order valence-electron chi connectivity index (χ2n) is 5.88. The van der Waals surface area contributed by atoms with Gasteiger partial charge in [0.05, 0.1) is 33.4 Å². The number of ether oxygens (including phenoxy) is 1. The summed E-state index contributed by atoms with van der Waals surface area (Å²) in [6.07, 6.45) is 0.460. The van der Waals surface area contributed by atoms with Gasteiger partial charge in [0.15, 0.2) is 5.95 Å². The predicted molar refractivity (Wildman–Crippen MR) is 109 cm³/mol. The Hall–Kier alpha value is -2.42. The number of anilines is 1. The molecule has 1 aromatic heterocycles. The van der Waals surface area contributed by atoms with Gasteiger partial charge in [0.25, 0.3) is 5.03 Å². The smallest absolute Gasteiger partial charge is 0.298 e. The van der Waals surface area contributed by atoms with E-state index in [0.717, 1.165) is 11.8 Å². The molecule has 1 unspecified atom stereocenters. The SMILES string of the molecule is CCC(Sc1c([O-])on[n+]1-c1ccc(OC)cc1)C(=O)Nc1cccc(Cl)c1Cl. The second kappa shape index (κ2) is 9.39. The van der Waals surface area contributed by atoms with E-state index in [1.165, 1.54) is 4.68 Å². The molecule has 0 aliphatic rings. The standard InChI is InChI=1S/C19H17Cl2N3O4S/c1-3-15(17(25)22-14-6-4-5-13(20)16(14)21)29-18-19(26)28-23-24(18)11-7-9-12(27-2)10-8-11/h4-10,15H,3H2,1-2H3,(H-,22,23,25,26). The number of benzene rings is 2. The Labute approximate surface area is 181 Å². The molecule has 0 spiro atoms. The second-order valence-corrected chi connectivity index (χ2v) is 7.86. The molecular weight excluding hydrogens is 437 g/mol. The lowest BCUT2D eigenvalue weighted by Crippen LogP contribution is -2.36. The van der Waals surface area contributed by atoms with Crippen molar-refractivity contribution in [3.05, 3.63) is 52.5 Å². The molecule has 0 radical (unpaired) electrons. The zero-order chi connectivity index (χ0) is 21.0. The first-order valence-electron chi connectivity index (χ1n) is 8.59. The van der Waals surface area contributed by atoms with Crippen LogP contribution in [-0.2, 0) is 4.79 Å². The Morgan fingerprint density at radius 3 is 2.69 bits per heavy atom. The molecule has 0 fully saturated rings. The molecule has 0 saturated carbocycles. The van der Waals surface area contributed by atoms with Gasteiger partial charge >= 0.3 is 0 Å². The Bertz CT molecular complexity index is 1010. The van der Waals surface area contributed by atoms with Gasteiger partial charge in [-0.05, 0) is 47.1 Å². The Balaban J connectivity index is 1.82. The van der Waals surface area contributed by atoms with Gasteiger partial charge in [-0.15, -0.1) is 0 Å². The van der Waals surface area contributed by atoms with E-state index in [1.54, 1.807) is 49.6 Å². The minimum Gasteiger partial charge on any atom is -0.538 e. The van der Waals surface area contributed by atoms with E-state index in [-0.39, 0.29) is 16.0 Å². The van der Waals surface area contributed by atoms with Crippen LogP contribution in [0.3, 0.4) is 0 Å². The van der Waals surface area contributed by atoms with Crippen LogP contribution in [0.15, 0.2) is 52.0 Å². The van der Waals surface area contributed by atoms with Crippen molar-refractivity contribution in [2.24, 2.45) is 0 Å². The summed E-state index contributed by atoms with van der Waals surface area (Å²) in [6.45, 7) is 1.84. The van der Waals surface area contributed by atoms with Crippen molar-refractivity contribution in [2.45, 2.75) is 23.6 Å². The van der Waals surface area contributed by atoms with E-state index in [0.29, 0.717) is 28.6 Å². The van der Waals surface area contributed by atoms with Gasteiger partial charge in [0.1, 0.15) is 5.75 Å². The van der Waals surface area contributed by atoms with Crippen LogP contribution in [0.1, 0.15) is 13.3 Å². The lowest BCUT2D eigenvalue weighted by Gasteiger charge is -2.14. The van der Waals surface area contributed by atoms with Crippen molar-refractivity contribution in [1.82, 2.24) is 5.27 Å². The summed E-state index contributed by atoms with van der Waals surface area (Å²) in [5.41, 5.74) is 1.01. The van der Waals surface area contributed by atoms with Crippen LogP contribution < -0.4 is 19.8 Å². The monoisotopic (exact) mass is 453 g/mol. The summed E-state index contributed by atoms with van der Waals surface area (Å²) >= 11 is 13.2. The van der Waals surface area contributed by atoms with Gasteiger partial charge in [0, 0.05) is 12.1 Å². The van der Waals surface area contributed by atoms with Gasteiger partial charge in [-0.3, -0.25) is 4.79 Å². The van der Waals surface area contributed by atoms with Crippen molar-refractivity contribution in [1.29, 1.82) is 0 Å². The van der Waals surface area contributed by atoms with E-state index in [1.807, 2.05) is 6.92 Å². The van der Waals surface area contributed by atoms with E-state index in [2.05, 4.69) is 10.6 Å². The van der Waals surface area contributed by atoms with Crippen LogP contribution in [0.4, 0.5) is 5.69 Å². The van der Waals surface area contributed by atoms with Crippen molar-refractivity contribution in [3.8, 4) is 17.4 Å². The highest BCUT2D eigenvalue weighted by atomic mass is 35.5. The number of hydrogen-bond donors (Lipinski definition) is 1. The largest absolute Gasteiger partial charge is 0.538 e. The number of aromatic nitrogens is 2. The molecule has 3 rings (SSSR count). The zero-order valence-electron chi connectivity index (χ0n) is 15.5. The van der Waals surface area contributed by atoms with E-state index in [9.17, 15) is 9.90 Å². The molecule has 1 amide bonds. The number of amides is 1. The van der Waals surface area contributed by atoms with Crippen LogP contribution in [0, 0.1) is 0 Å². The molecule has 1 heterocycles. The predicted octanol–water partition coefficient (Wildman–Crippen LogP) is 3.85. The molecule has 0 aliphatic heterocycles. The summed E-state index contributed by atoms with van der Waals surface area (Å²) in [5, 5.41) is 18.9. The van der Waals surface area contributed by atoms with Gasteiger partial charge in [0.2, 0.25) is 11.6 Å². The van der Waals surface area contributed by atoms with Crippen LogP contribution >= 0.6 is 35.0 Å². The van der Waals surface area contributed by atoms with Crippen molar-refractivity contribution in [2.75, 3.05) is 12.4 Å². The Morgan fingerprint density at radius 1 is 1.31 bits per heavy atom. The van der Waals surface area contributed by atoms with Crippen LogP contribution in [0.5, 0.6) is 11.7 Å². The zero-order valence-corrected chi connectivity index (χ0v) is 17.8. The third-order valence-corrected chi connectivity index (χ3v) is 6.23. The third-order valence-electron chi connectivity index (χ3n) is 4.02. The summed E-state index contributed by atoms with van der Waals surface area (Å²) in [6, 6.07) is 11.9. The quantitative estimate of drug-likeness (QED) is 0.431. The number of carbonyl (C=O) groups is 1. The maximum Gasteiger partial charge on any atom is 0.298 e. The molecule has 0 saturated heterocycles. The van der Waals surface area contributed by atoms with Gasteiger partial charge in [-0.25, -0.2) is 0 Å². The highest BCUT2D eigenvalue weighted by Crippen LogP contribution is 2.33. The molecule has 10 heteroatoms. The average molecular weight is 454 g/mol. The minimum atomic E-state index is -0.627. The highest BCUT2D eigenvalue weighted by molar-refractivity contribution is 8.00. The number of methoxy groups -OCH3 is 1. The van der Waals surface area contributed by atoms with Gasteiger partial charge < -0.3 is 19.7 Å². The van der Waals surface area contributed by atoms with E-state index in [4.69, 9.17) is 32.5 Å². The number of rotatable bonds is 7. The first-order chi connectivity index (χ1) is 13.9. The average Bonchev–Trinajstić information content (AvgIpc) is 3.09. The number of thioether (sulfide) groups is 1. The van der Waals surface area contributed by atoms with Crippen LogP contribution in [0.2, 0.25) is 10.0 Å². The third kappa shape index (κ3) is 4.77. The Kier molecular flexibility index (Phi) is 6.89. The van der Waals surface area contributed by atoms with Crippen LogP contribution in [-0.4, -0.2) is 23.5 Å². The molecule has 1 atom stereocenters. The van der Waals surface area contributed by atoms with E-state index >= 15 is 0 Å². The van der Waals surface area contributed by atoms with E-state index < -0.39 is 11.2 Å². The molecule has 152 valence electrons. The maximum absolute atomic E-state index is 12.8. The fourth-order valence-electron chi connectivity index (χ4n) is 2.50. The lowest BCUT2D eigenvalue weighted by molar-refractivity contribution is -0.705. The normalized spacial score (nSPS) is 11.9. The fourth-order valence-corrected chi connectivity index (χ4v) is 3.82. The molecule has 3 aromatic rings. The first kappa shape index (κ1) is 21.3. The highest BCUT2D eigenvalue weighted by Gasteiger charge is 2.28.